The van der Waals surface area contributed by atoms with Gasteiger partial charge in [0.1, 0.15) is 18.1 Å². The summed E-state index contributed by atoms with van der Waals surface area (Å²) in [4.78, 5) is 17.8. The maximum Gasteiger partial charge on any atom is 0.226 e. The first-order valence-electron chi connectivity index (χ1n) is 9.78. The summed E-state index contributed by atoms with van der Waals surface area (Å²) in [6.07, 6.45) is 2.79. The van der Waals surface area contributed by atoms with Gasteiger partial charge in [0.25, 0.3) is 0 Å². The van der Waals surface area contributed by atoms with Gasteiger partial charge in [-0.25, -0.2) is 4.68 Å². The number of ether oxygens (including phenoxy) is 1. The average molecular weight is 386 g/mol. The van der Waals surface area contributed by atoms with Crippen molar-refractivity contribution in [1.82, 2.24) is 14.8 Å². The number of carbonyl (C=O) groups is 1. The summed E-state index contributed by atoms with van der Waals surface area (Å²) in [7, 11) is 1.66. The minimum absolute atomic E-state index is 0.131. The van der Waals surface area contributed by atoms with Gasteiger partial charge in [-0.3, -0.25) is 4.79 Å². The van der Waals surface area contributed by atoms with E-state index in [4.69, 9.17) is 4.74 Å². The number of allylic oxidation sites excluding steroid dienone is 2. The van der Waals surface area contributed by atoms with Crippen molar-refractivity contribution >= 4 is 11.7 Å². The SMILES string of the molecule is COc1ccc([C@H]2CC(=O)C3=C(C2)Nc2ncnn2[C@H]3c2ccccc2C)cc1. The molecule has 3 aromatic rings. The maximum absolute atomic E-state index is 13.4. The molecule has 29 heavy (non-hydrogen) atoms. The third kappa shape index (κ3) is 2.92. The molecule has 2 atom stereocenters. The van der Waals surface area contributed by atoms with Gasteiger partial charge in [0.2, 0.25) is 5.95 Å². The third-order valence-corrected chi connectivity index (χ3v) is 5.93. The first kappa shape index (κ1) is 17.7. The Morgan fingerprint density at radius 3 is 2.66 bits per heavy atom. The molecule has 1 N–H and O–H groups in total. The Labute approximate surface area is 169 Å². The fourth-order valence-corrected chi connectivity index (χ4v) is 4.44. The van der Waals surface area contributed by atoms with Crippen molar-refractivity contribution < 1.29 is 9.53 Å². The van der Waals surface area contributed by atoms with E-state index in [0.717, 1.165) is 40.1 Å². The third-order valence-electron chi connectivity index (χ3n) is 5.93. The lowest BCUT2D eigenvalue weighted by Gasteiger charge is -2.35. The molecule has 0 radical (unpaired) electrons. The first-order valence-corrected chi connectivity index (χ1v) is 9.78. The topological polar surface area (TPSA) is 69.0 Å². The number of Topliss-reactive ketones (excluding diaryl/α,β-unsaturated/α-hetero) is 1. The zero-order chi connectivity index (χ0) is 20.0. The van der Waals surface area contributed by atoms with Crippen molar-refractivity contribution in [3.63, 3.8) is 0 Å². The number of hydrogen-bond acceptors (Lipinski definition) is 5. The molecule has 0 spiro atoms. The van der Waals surface area contributed by atoms with Crippen molar-refractivity contribution in [2.45, 2.75) is 31.7 Å². The Morgan fingerprint density at radius 2 is 1.90 bits per heavy atom. The maximum atomic E-state index is 13.4. The van der Waals surface area contributed by atoms with Gasteiger partial charge >= 0.3 is 0 Å². The first-order chi connectivity index (χ1) is 14.2. The van der Waals surface area contributed by atoms with Crippen LogP contribution in [-0.4, -0.2) is 27.7 Å². The van der Waals surface area contributed by atoms with Gasteiger partial charge in [-0.05, 0) is 48.1 Å². The molecular formula is C23H22N4O2. The molecule has 146 valence electrons. The highest BCUT2D eigenvalue weighted by Gasteiger charge is 2.39. The van der Waals surface area contributed by atoms with Crippen LogP contribution in [0.25, 0.3) is 0 Å². The van der Waals surface area contributed by atoms with Crippen molar-refractivity contribution in [2.75, 3.05) is 12.4 Å². The number of anilines is 1. The summed E-state index contributed by atoms with van der Waals surface area (Å²) in [6, 6.07) is 15.9. The van der Waals surface area contributed by atoms with Gasteiger partial charge in [0.15, 0.2) is 5.78 Å². The van der Waals surface area contributed by atoms with E-state index in [1.165, 1.54) is 6.33 Å². The molecule has 0 saturated carbocycles. The van der Waals surface area contributed by atoms with Crippen LogP contribution in [0.1, 0.15) is 41.5 Å². The largest absolute Gasteiger partial charge is 0.497 e. The Kier molecular flexibility index (Phi) is 4.19. The predicted octanol–water partition coefficient (Wildman–Crippen LogP) is 4.01. The van der Waals surface area contributed by atoms with Crippen molar-refractivity contribution in [3.8, 4) is 5.75 Å². The second-order valence-electron chi connectivity index (χ2n) is 7.61. The number of benzene rings is 2. The van der Waals surface area contributed by atoms with Crippen LogP contribution >= 0.6 is 0 Å². The summed E-state index contributed by atoms with van der Waals surface area (Å²) in [6.45, 7) is 2.07. The van der Waals surface area contributed by atoms with Gasteiger partial charge in [-0.2, -0.15) is 10.1 Å². The van der Waals surface area contributed by atoms with Crippen LogP contribution in [0, 0.1) is 6.92 Å². The Hall–Kier alpha value is -3.41. The number of fused-ring (bicyclic) bond motifs is 1. The fraction of sp³-hybridized carbons (Fsp3) is 0.261. The Balaban J connectivity index is 1.57. The molecule has 0 fully saturated rings. The van der Waals surface area contributed by atoms with E-state index in [2.05, 4.69) is 34.5 Å². The molecule has 6 heteroatoms. The summed E-state index contributed by atoms with van der Waals surface area (Å²) < 4.78 is 7.09. The van der Waals surface area contributed by atoms with Crippen LogP contribution < -0.4 is 10.1 Å². The number of rotatable bonds is 3. The van der Waals surface area contributed by atoms with Crippen LogP contribution in [0.15, 0.2) is 66.1 Å². The number of ketones is 1. The lowest BCUT2D eigenvalue weighted by atomic mass is 9.77. The zero-order valence-electron chi connectivity index (χ0n) is 16.4. The Morgan fingerprint density at radius 1 is 1.10 bits per heavy atom. The normalized spacial score (nSPS) is 20.7. The number of aryl methyl sites for hydroxylation is 1. The van der Waals surface area contributed by atoms with Gasteiger partial charge in [0.05, 0.1) is 7.11 Å². The van der Waals surface area contributed by atoms with Crippen LogP contribution in [0.2, 0.25) is 0 Å². The second-order valence-corrected chi connectivity index (χ2v) is 7.61. The molecular weight excluding hydrogens is 364 g/mol. The average Bonchev–Trinajstić information content (AvgIpc) is 3.21. The Bertz CT molecular complexity index is 1110. The summed E-state index contributed by atoms with van der Waals surface area (Å²) in [5, 5.41) is 7.79. The lowest BCUT2D eigenvalue weighted by Crippen LogP contribution is -2.33. The number of hydrogen-bond donors (Lipinski definition) is 1. The van der Waals surface area contributed by atoms with E-state index in [-0.39, 0.29) is 17.7 Å². The van der Waals surface area contributed by atoms with Crippen molar-refractivity contribution in [1.29, 1.82) is 0 Å². The smallest absolute Gasteiger partial charge is 0.226 e. The van der Waals surface area contributed by atoms with E-state index < -0.39 is 0 Å². The standard InChI is InChI=1S/C23H22N4O2/c1-14-5-3-4-6-18(14)22-21-19(26-23-24-13-25-27(22)23)11-16(12-20(21)28)15-7-9-17(29-2)10-8-15/h3-10,13,16,22H,11-12H2,1-2H3,(H,24,25,26)/t16-,22+/m1/s1. The van der Waals surface area contributed by atoms with Gasteiger partial charge in [0, 0.05) is 17.7 Å². The van der Waals surface area contributed by atoms with E-state index in [9.17, 15) is 4.79 Å². The quantitative estimate of drug-likeness (QED) is 0.737. The van der Waals surface area contributed by atoms with Crippen LogP contribution in [0.3, 0.4) is 0 Å². The number of carbonyl (C=O) groups excluding carboxylic acids is 1. The minimum Gasteiger partial charge on any atom is -0.497 e. The zero-order valence-corrected chi connectivity index (χ0v) is 16.4. The molecule has 6 nitrogen and oxygen atoms in total. The number of aromatic nitrogens is 3. The number of nitrogens with zero attached hydrogens (tertiary/aromatic N) is 3. The summed E-state index contributed by atoms with van der Waals surface area (Å²) >= 11 is 0. The molecule has 1 aliphatic carbocycles. The van der Waals surface area contributed by atoms with Crippen LogP contribution in [0.4, 0.5) is 5.95 Å². The molecule has 0 bridgehead atoms. The van der Waals surface area contributed by atoms with Crippen molar-refractivity contribution in [3.05, 3.63) is 82.8 Å². The van der Waals surface area contributed by atoms with E-state index in [1.807, 2.05) is 41.1 Å². The summed E-state index contributed by atoms with van der Waals surface area (Å²) in [5.41, 5.74) is 5.13. The summed E-state index contributed by atoms with van der Waals surface area (Å²) in [5.74, 6) is 1.79. The monoisotopic (exact) mass is 386 g/mol. The molecule has 0 unspecified atom stereocenters. The highest BCUT2D eigenvalue weighted by Crippen LogP contribution is 2.44. The van der Waals surface area contributed by atoms with Gasteiger partial charge in [-0.1, -0.05) is 36.4 Å². The molecule has 1 aromatic heterocycles. The highest BCUT2D eigenvalue weighted by atomic mass is 16.5. The molecule has 0 amide bonds. The number of methoxy groups -OCH3 is 1. The molecule has 2 aromatic carbocycles. The molecule has 5 rings (SSSR count). The van der Waals surface area contributed by atoms with E-state index in [1.54, 1.807) is 7.11 Å². The van der Waals surface area contributed by atoms with Gasteiger partial charge in [-0.15, -0.1) is 0 Å². The van der Waals surface area contributed by atoms with Crippen LogP contribution in [-0.2, 0) is 4.79 Å². The molecule has 1 aliphatic heterocycles. The fourth-order valence-electron chi connectivity index (χ4n) is 4.44. The van der Waals surface area contributed by atoms with E-state index >= 15 is 0 Å². The highest BCUT2D eigenvalue weighted by molar-refractivity contribution is 6.00. The molecule has 2 heterocycles. The van der Waals surface area contributed by atoms with Crippen LogP contribution in [0.5, 0.6) is 5.75 Å². The number of nitrogens with one attached hydrogen (secondary N) is 1. The second kappa shape index (κ2) is 6.88. The predicted molar refractivity (Wildman–Crippen MR) is 110 cm³/mol. The van der Waals surface area contributed by atoms with Gasteiger partial charge < -0.3 is 10.1 Å². The van der Waals surface area contributed by atoms with Crippen molar-refractivity contribution in [2.24, 2.45) is 0 Å². The minimum atomic E-state index is -0.241. The van der Waals surface area contributed by atoms with E-state index in [0.29, 0.717) is 12.4 Å². The molecule has 2 aliphatic rings. The molecule has 0 saturated heterocycles. The lowest BCUT2D eigenvalue weighted by molar-refractivity contribution is -0.116.